The van der Waals surface area contributed by atoms with Crippen LogP contribution >= 0.6 is 0 Å². The summed E-state index contributed by atoms with van der Waals surface area (Å²) in [4.78, 5) is 8.58. The topological polar surface area (TPSA) is 98.0 Å². The highest BCUT2D eigenvalue weighted by Crippen LogP contribution is 2.38. The zero-order chi connectivity index (χ0) is 18.1. The normalized spacial score (nSPS) is 25.5. The van der Waals surface area contributed by atoms with Crippen molar-refractivity contribution in [3.05, 3.63) is 29.7 Å². The summed E-state index contributed by atoms with van der Waals surface area (Å²) in [6, 6.07) is 1.98. The van der Waals surface area contributed by atoms with E-state index < -0.39 is 0 Å². The zero-order valence-corrected chi connectivity index (χ0v) is 15.3. The van der Waals surface area contributed by atoms with Crippen molar-refractivity contribution < 1.29 is 9.84 Å². The zero-order valence-electron chi connectivity index (χ0n) is 15.3. The van der Waals surface area contributed by atoms with Gasteiger partial charge in [-0.3, -0.25) is 0 Å². The number of nitrogens with zero attached hydrogens (tertiary/aromatic N) is 5. The molecule has 0 radical (unpaired) electrons. The molecule has 2 aliphatic rings. The Labute approximate surface area is 153 Å². The van der Waals surface area contributed by atoms with Gasteiger partial charge in [0, 0.05) is 36.7 Å². The molecule has 2 aromatic heterocycles. The fourth-order valence-corrected chi connectivity index (χ4v) is 3.87. The molecule has 2 N–H and O–H groups in total. The van der Waals surface area contributed by atoms with Crippen LogP contribution < -0.4 is 5.32 Å². The van der Waals surface area contributed by atoms with Gasteiger partial charge in [0.25, 0.3) is 0 Å². The summed E-state index contributed by atoms with van der Waals surface area (Å²) in [7, 11) is 0. The smallest absolute Gasteiger partial charge is 0.159 e. The number of rotatable bonds is 5. The summed E-state index contributed by atoms with van der Waals surface area (Å²) >= 11 is 0. The Morgan fingerprint density at radius 3 is 3.04 bits per heavy atom. The largest absolute Gasteiger partial charge is 0.393 e. The quantitative estimate of drug-likeness (QED) is 0.839. The first-order valence-electron chi connectivity index (χ1n) is 9.35. The third kappa shape index (κ3) is 3.43. The molecule has 1 aliphatic heterocycles. The molecule has 0 bridgehead atoms. The van der Waals surface area contributed by atoms with Crippen molar-refractivity contribution in [2.75, 3.05) is 18.5 Å². The van der Waals surface area contributed by atoms with Gasteiger partial charge in [-0.25, -0.2) is 9.97 Å². The highest BCUT2D eigenvalue weighted by Gasteiger charge is 2.37. The van der Waals surface area contributed by atoms with Crippen LogP contribution in [0.25, 0.3) is 0 Å². The molecule has 0 saturated heterocycles. The van der Waals surface area contributed by atoms with Gasteiger partial charge in [0.05, 0.1) is 12.7 Å². The van der Waals surface area contributed by atoms with Gasteiger partial charge in [-0.1, -0.05) is 13.8 Å². The first-order chi connectivity index (χ1) is 12.6. The summed E-state index contributed by atoms with van der Waals surface area (Å²) in [5, 5.41) is 22.5. The molecule has 2 aromatic rings. The minimum atomic E-state index is -0.341. The molecule has 26 heavy (non-hydrogen) atoms. The summed E-state index contributed by atoms with van der Waals surface area (Å²) in [6.07, 6.45) is 2.88. The Hall–Kier alpha value is -2.06. The first kappa shape index (κ1) is 17.4. The molecule has 1 saturated carbocycles. The van der Waals surface area contributed by atoms with E-state index in [4.69, 9.17) is 4.74 Å². The van der Waals surface area contributed by atoms with Crippen LogP contribution in [0.1, 0.15) is 55.9 Å². The number of aliphatic hydroxyl groups is 1. The van der Waals surface area contributed by atoms with Gasteiger partial charge in [-0.05, 0) is 18.8 Å². The Morgan fingerprint density at radius 2 is 2.19 bits per heavy atom. The van der Waals surface area contributed by atoms with Gasteiger partial charge in [0.1, 0.15) is 24.6 Å². The first-order valence-corrected chi connectivity index (χ1v) is 9.35. The van der Waals surface area contributed by atoms with E-state index in [0.717, 1.165) is 42.5 Å². The second kappa shape index (κ2) is 7.28. The van der Waals surface area contributed by atoms with Crippen molar-refractivity contribution in [2.24, 2.45) is 5.92 Å². The maximum absolute atomic E-state index is 10.5. The number of fused-ring (bicyclic) bond motifs is 1. The van der Waals surface area contributed by atoms with Crippen molar-refractivity contribution in [3.8, 4) is 0 Å². The lowest BCUT2D eigenvalue weighted by molar-refractivity contribution is 0.0801. The molecule has 8 heteroatoms. The summed E-state index contributed by atoms with van der Waals surface area (Å²) < 4.78 is 7.60. The van der Waals surface area contributed by atoms with Crippen LogP contribution in [0.5, 0.6) is 0 Å². The van der Waals surface area contributed by atoms with E-state index in [2.05, 4.69) is 43.9 Å². The number of hydrogen-bond acceptors (Lipinski definition) is 7. The van der Waals surface area contributed by atoms with E-state index in [1.807, 2.05) is 6.07 Å². The van der Waals surface area contributed by atoms with Crippen LogP contribution in [-0.4, -0.2) is 49.1 Å². The van der Waals surface area contributed by atoms with E-state index in [-0.39, 0.29) is 17.9 Å². The van der Waals surface area contributed by atoms with Crippen molar-refractivity contribution >= 4 is 5.82 Å². The van der Waals surface area contributed by atoms with Crippen molar-refractivity contribution in [1.29, 1.82) is 0 Å². The molecule has 4 rings (SSSR count). The Kier molecular flexibility index (Phi) is 4.86. The molecule has 0 amide bonds. The van der Waals surface area contributed by atoms with Gasteiger partial charge in [0.2, 0.25) is 0 Å². The second-order valence-electron chi connectivity index (χ2n) is 7.54. The summed E-state index contributed by atoms with van der Waals surface area (Å²) in [6.45, 7) is 6.94. The van der Waals surface area contributed by atoms with Gasteiger partial charge in [-0.2, -0.15) is 0 Å². The van der Waals surface area contributed by atoms with Crippen molar-refractivity contribution in [1.82, 2.24) is 24.7 Å². The van der Waals surface area contributed by atoms with Gasteiger partial charge < -0.3 is 19.7 Å². The maximum Gasteiger partial charge on any atom is 0.159 e. The molecule has 8 nitrogen and oxygen atoms in total. The molecule has 0 aromatic carbocycles. The maximum atomic E-state index is 10.5. The van der Waals surface area contributed by atoms with E-state index in [1.54, 1.807) is 6.33 Å². The van der Waals surface area contributed by atoms with Crippen LogP contribution in [0.3, 0.4) is 0 Å². The highest BCUT2D eigenvalue weighted by molar-refractivity contribution is 5.35. The van der Waals surface area contributed by atoms with Crippen LogP contribution in [0.15, 0.2) is 12.4 Å². The average molecular weight is 358 g/mol. The standard InChI is InChI=1S/C18H26N6O2/c1-11(2)14-7-16(21-10-20-14)19-8-13-5-12(6-15(13)25)18-23-22-17-9-26-4-3-24(17)18/h7,10-13,15,25H,3-6,8-9H2,1-2H3,(H,19,20,21)/t12-,13+,15+/m0/s1. The molecule has 3 atom stereocenters. The number of aromatic nitrogens is 5. The van der Waals surface area contributed by atoms with Crippen molar-refractivity contribution in [2.45, 2.75) is 57.8 Å². The monoisotopic (exact) mass is 358 g/mol. The molecule has 3 heterocycles. The van der Waals surface area contributed by atoms with E-state index in [1.165, 1.54) is 0 Å². The summed E-state index contributed by atoms with van der Waals surface area (Å²) in [5.41, 5.74) is 1.02. The SMILES string of the molecule is CC(C)c1cc(NC[C@H]2C[C@H](c3nnc4n3CCOC4)C[C@H]2O)ncn1. The number of hydrogen-bond donors (Lipinski definition) is 2. The highest BCUT2D eigenvalue weighted by atomic mass is 16.5. The Bertz CT molecular complexity index is 762. The second-order valence-corrected chi connectivity index (χ2v) is 7.54. The Morgan fingerprint density at radius 1 is 1.31 bits per heavy atom. The fourth-order valence-electron chi connectivity index (χ4n) is 3.87. The van der Waals surface area contributed by atoms with Crippen LogP contribution in [0.2, 0.25) is 0 Å². The van der Waals surface area contributed by atoms with E-state index in [0.29, 0.717) is 25.7 Å². The molecule has 1 aliphatic carbocycles. The van der Waals surface area contributed by atoms with Gasteiger partial charge in [-0.15, -0.1) is 10.2 Å². The Balaban J connectivity index is 1.40. The third-order valence-electron chi connectivity index (χ3n) is 5.39. The van der Waals surface area contributed by atoms with Crippen LogP contribution in [0, 0.1) is 5.92 Å². The van der Waals surface area contributed by atoms with Crippen LogP contribution in [0.4, 0.5) is 5.82 Å². The molecular formula is C18H26N6O2. The van der Waals surface area contributed by atoms with Crippen LogP contribution in [-0.2, 0) is 17.9 Å². The average Bonchev–Trinajstić information content (AvgIpc) is 3.23. The molecule has 1 fully saturated rings. The number of aliphatic hydroxyl groups excluding tert-OH is 1. The molecular weight excluding hydrogens is 332 g/mol. The predicted molar refractivity (Wildman–Crippen MR) is 95.8 cm³/mol. The third-order valence-corrected chi connectivity index (χ3v) is 5.39. The molecule has 0 spiro atoms. The lowest BCUT2D eigenvalue weighted by Crippen LogP contribution is -2.22. The number of nitrogens with one attached hydrogen (secondary N) is 1. The molecule has 0 unspecified atom stereocenters. The minimum Gasteiger partial charge on any atom is -0.393 e. The lowest BCUT2D eigenvalue weighted by Gasteiger charge is -2.18. The summed E-state index contributed by atoms with van der Waals surface area (Å²) in [5.74, 6) is 3.48. The molecule has 140 valence electrons. The minimum absolute atomic E-state index is 0.172. The van der Waals surface area contributed by atoms with E-state index >= 15 is 0 Å². The fraction of sp³-hybridized carbons (Fsp3) is 0.667. The van der Waals surface area contributed by atoms with E-state index in [9.17, 15) is 5.11 Å². The predicted octanol–water partition coefficient (Wildman–Crippen LogP) is 1.69. The van der Waals surface area contributed by atoms with Crippen molar-refractivity contribution in [3.63, 3.8) is 0 Å². The number of ether oxygens (including phenoxy) is 1. The van der Waals surface area contributed by atoms with Gasteiger partial charge in [0.15, 0.2) is 5.82 Å². The lowest BCUT2D eigenvalue weighted by atomic mass is 10.0. The van der Waals surface area contributed by atoms with Gasteiger partial charge >= 0.3 is 0 Å². The number of anilines is 1.